The van der Waals surface area contributed by atoms with Crippen molar-refractivity contribution in [1.82, 2.24) is 15.0 Å². The minimum absolute atomic E-state index is 0.354. The molecule has 0 fully saturated rings. The zero-order valence-corrected chi connectivity index (χ0v) is 23.1. The number of aromatic nitrogens is 3. The van der Waals surface area contributed by atoms with Gasteiger partial charge in [-0.1, -0.05) is 84.9 Å². The Hall–Kier alpha value is -6.15. The molecule has 0 unspecified atom stereocenters. The molecular weight excluding hydrogens is 532 g/mol. The second kappa shape index (κ2) is 11.0. The number of anilines is 9. The van der Waals surface area contributed by atoms with Crippen molar-refractivity contribution in [2.45, 2.75) is 0 Å². The summed E-state index contributed by atoms with van der Waals surface area (Å²) in [6, 6.07) is 44.0. The Kier molecular flexibility index (Phi) is 6.61. The van der Waals surface area contributed by atoms with Crippen molar-refractivity contribution >= 4 is 73.5 Å². The molecule has 0 aliphatic heterocycles. The third-order valence-electron chi connectivity index (χ3n) is 7.12. The highest BCUT2D eigenvalue weighted by atomic mass is 15.3. The minimum atomic E-state index is 0.354. The summed E-state index contributed by atoms with van der Waals surface area (Å²) >= 11 is 0. The number of nitrogens with zero attached hydrogens (tertiary/aromatic N) is 4. The average Bonchev–Trinajstić information content (AvgIpc) is 3.01. The fourth-order valence-electron chi connectivity index (χ4n) is 5.22. The predicted octanol–water partition coefficient (Wildman–Crippen LogP) is 8.30. The van der Waals surface area contributed by atoms with Crippen LogP contribution in [-0.4, -0.2) is 15.0 Å². The summed E-state index contributed by atoms with van der Waals surface area (Å²) in [5.74, 6) is 1.14. The highest BCUT2D eigenvalue weighted by molar-refractivity contribution is 6.04. The molecule has 0 atom stereocenters. The molecule has 0 radical (unpaired) electrons. The van der Waals surface area contributed by atoms with Gasteiger partial charge in [-0.2, -0.15) is 15.0 Å². The molecule has 0 aliphatic carbocycles. The van der Waals surface area contributed by atoms with Gasteiger partial charge in [0.2, 0.25) is 17.8 Å². The molecule has 6 N–H and O–H groups in total. The first-order valence-electron chi connectivity index (χ1n) is 13.9. The van der Waals surface area contributed by atoms with Gasteiger partial charge in [-0.05, 0) is 59.3 Å². The zero-order chi connectivity index (χ0) is 29.2. The molecule has 0 amide bonds. The first-order chi connectivity index (χ1) is 21.1. The van der Waals surface area contributed by atoms with Gasteiger partial charge in [0.15, 0.2) is 0 Å². The smallest absolute Gasteiger partial charge is 0.241 e. The van der Waals surface area contributed by atoms with Crippen molar-refractivity contribution < 1.29 is 0 Å². The van der Waals surface area contributed by atoms with Crippen molar-refractivity contribution in [2.75, 3.05) is 27.0 Å². The van der Waals surface area contributed by atoms with Gasteiger partial charge >= 0.3 is 0 Å². The predicted molar refractivity (Wildman–Crippen MR) is 178 cm³/mol. The van der Waals surface area contributed by atoms with Crippen LogP contribution in [0.5, 0.6) is 0 Å². The molecular formula is C35H28N8. The Balaban J connectivity index is 1.47. The van der Waals surface area contributed by atoms with E-state index in [1.54, 1.807) is 0 Å². The van der Waals surface area contributed by atoms with E-state index < -0.39 is 0 Å². The molecule has 0 aliphatic rings. The van der Waals surface area contributed by atoms with Crippen LogP contribution >= 0.6 is 0 Å². The Morgan fingerprint density at radius 1 is 0.465 bits per heavy atom. The van der Waals surface area contributed by atoms with Crippen LogP contribution in [0.25, 0.3) is 21.5 Å². The number of hydrogen-bond donors (Lipinski definition) is 4. The maximum atomic E-state index is 6.07. The second-order valence-electron chi connectivity index (χ2n) is 10.1. The van der Waals surface area contributed by atoms with Crippen molar-refractivity contribution in [1.29, 1.82) is 0 Å². The lowest BCUT2D eigenvalue weighted by Gasteiger charge is -2.26. The number of nitrogens with one attached hydrogen (secondary N) is 2. The van der Waals surface area contributed by atoms with E-state index in [0.717, 1.165) is 44.3 Å². The normalized spacial score (nSPS) is 11.0. The number of rotatable bonds is 7. The van der Waals surface area contributed by atoms with Gasteiger partial charge in [0.25, 0.3) is 0 Å². The summed E-state index contributed by atoms with van der Waals surface area (Å²) < 4.78 is 0. The number of hydrogen-bond acceptors (Lipinski definition) is 8. The number of nitrogen functional groups attached to an aromatic ring is 2. The number of fused-ring (bicyclic) bond motifs is 2. The van der Waals surface area contributed by atoms with E-state index in [0.29, 0.717) is 29.2 Å². The lowest BCUT2D eigenvalue weighted by Crippen LogP contribution is -2.17. The van der Waals surface area contributed by atoms with E-state index in [4.69, 9.17) is 26.4 Å². The Morgan fingerprint density at radius 3 is 1.40 bits per heavy atom. The van der Waals surface area contributed by atoms with Crippen molar-refractivity contribution in [3.8, 4) is 0 Å². The molecule has 43 heavy (non-hydrogen) atoms. The number of nitrogens with two attached hydrogens (primary N) is 2. The molecule has 0 saturated heterocycles. The summed E-state index contributed by atoms with van der Waals surface area (Å²) in [5, 5.41) is 11.0. The van der Waals surface area contributed by atoms with Gasteiger partial charge in [0.1, 0.15) is 0 Å². The van der Waals surface area contributed by atoms with E-state index >= 15 is 0 Å². The number of benzene rings is 6. The topological polar surface area (TPSA) is 118 Å². The highest BCUT2D eigenvalue weighted by Gasteiger charge is 2.22. The molecule has 7 aromatic rings. The molecule has 0 saturated carbocycles. The molecule has 8 heteroatoms. The standard InChI is InChI=1S/C35H28N8/c36-25-13-7-15-27(21-25)38-33-40-34(39-28-16-8-14-26(37)22-28)42-35(41-33)43(31-19-5-11-23-9-1-3-17-29(23)31)32-20-6-12-24-10-2-4-18-30(24)32/h1-22H,36-37H2,(H2,38,39,40,41,42). The lowest BCUT2D eigenvalue weighted by molar-refractivity contribution is 1.02. The summed E-state index contributed by atoms with van der Waals surface area (Å²) in [6.07, 6.45) is 0. The Labute approximate surface area is 248 Å². The molecule has 208 valence electrons. The fourth-order valence-corrected chi connectivity index (χ4v) is 5.22. The summed E-state index contributed by atoms with van der Waals surface area (Å²) in [6.45, 7) is 0. The van der Waals surface area contributed by atoms with Crippen molar-refractivity contribution in [2.24, 2.45) is 0 Å². The Morgan fingerprint density at radius 2 is 0.907 bits per heavy atom. The van der Waals surface area contributed by atoms with Crippen LogP contribution in [0.15, 0.2) is 133 Å². The highest BCUT2D eigenvalue weighted by Crippen LogP contribution is 2.41. The van der Waals surface area contributed by atoms with Gasteiger partial charge in [0.05, 0.1) is 11.4 Å². The van der Waals surface area contributed by atoms with E-state index in [9.17, 15) is 0 Å². The van der Waals surface area contributed by atoms with Crippen LogP contribution in [0.2, 0.25) is 0 Å². The quantitative estimate of drug-likeness (QED) is 0.144. The lowest BCUT2D eigenvalue weighted by atomic mass is 10.0. The van der Waals surface area contributed by atoms with Crippen LogP contribution in [-0.2, 0) is 0 Å². The molecule has 1 aromatic heterocycles. The van der Waals surface area contributed by atoms with E-state index in [1.165, 1.54) is 0 Å². The molecule has 8 nitrogen and oxygen atoms in total. The Bertz CT molecular complexity index is 1940. The van der Waals surface area contributed by atoms with Gasteiger partial charge in [0, 0.05) is 33.5 Å². The minimum Gasteiger partial charge on any atom is -0.399 e. The first kappa shape index (κ1) is 25.8. The van der Waals surface area contributed by atoms with Crippen LogP contribution in [0.1, 0.15) is 0 Å². The summed E-state index contributed by atoms with van der Waals surface area (Å²) in [4.78, 5) is 16.8. The maximum absolute atomic E-state index is 6.07. The van der Waals surface area contributed by atoms with Gasteiger partial charge in [-0.25, -0.2) is 0 Å². The third kappa shape index (κ3) is 5.32. The first-order valence-corrected chi connectivity index (χ1v) is 13.9. The van der Waals surface area contributed by atoms with Crippen LogP contribution in [0.4, 0.5) is 52.0 Å². The molecule has 0 bridgehead atoms. The van der Waals surface area contributed by atoms with E-state index in [1.807, 2.05) is 72.8 Å². The maximum Gasteiger partial charge on any atom is 0.241 e. The third-order valence-corrected chi connectivity index (χ3v) is 7.12. The van der Waals surface area contributed by atoms with Gasteiger partial charge in [-0.3, -0.25) is 4.90 Å². The SMILES string of the molecule is Nc1cccc(Nc2nc(Nc3cccc(N)c3)nc(N(c3cccc4ccccc34)c3cccc4ccccc34)n2)c1. The summed E-state index contributed by atoms with van der Waals surface area (Å²) in [5.41, 5.74) is 16.8. The molecule has 6 aromatic carbocycles. The average molecular weight is 561 g/mol. The van der Waals surface area contributed by atoms with Crippen LogP contribution < -0.4 is 27.0 Å². The van der Waals surface area contributed by atoms with Gasteiger partial charge in [-0.15, -0.1) is 0 Å². The van der Waals surface area contributed by atoms with Crippen LogP contribution in [0.3, 0.4) is 0 Å². The van der Waals surface area contributed by atoms with E-state index in [-0.39, 0.29) is 0 Å². The summed E-state index contributed by atoms with van der Waals surface area (Å²) in [7, 11) is 0. The molecule has 1 heterocycles. The van der Waals surface area contributed by atoms with Gasteiger partial charge < -0.3 is 22.1 Å². The fraction of sp³-hybridized carbons (Fsp3) is 0. The monoisotopic (exact) mass is 560 g/mol. The zero-order valence-electron chi connectivity index (χ0n) is 23.1. The molecule has 7 rings (SSSR count). The second-order valence-corrected chi connectivity index (χ2v) is 10.1. The van der Waals surface area contributed by atoms with Crippen LogP contribution in [0, 0.1) is 0 Å². The largest absolute Gasteiger partial charge is 0.399 e. The molecule has 0 spiro atoms. The van der Waals surface area contributed by atoms with Crippen molar-refractivity contribution in [3.05, 3.63) is 133 Å². The van der Waals surface area contributed by atoms with E-state index in [2.05, 4.69) is 76.2 Å². The van der Waals surface area contributed by atoms with Crippen molar-refractivity contribution in [3.63, 3.8) is 0 Å².